The number of halogens is 1. The highest BCUT2D eigenvalue weighted by Gasteiger charge is 2.38. The van der Waals surface area contributed by atoms with Crippen LogP contribution in [0.4, 0.5) is 5.69 Å². The van der Waals surface area contributed by atoms with E-state index in [0.29, 0.717) is 11.4 Å². The highest BCUT2D eigenvalue weighted by atomic mass is 35.5. The molecule has 19 heavy (non-hydrogen) atoms. The first-order valence-electron chi connectivity index (χ1n) is 6.38. The zero-order chi connectivity index (χ0) is 13.6. The molecule has 0 radical (unpaired) electrons. The number of nitrogen functional groups attached to an aromatic ring is 1. The van der Waals surface area contributed by atoms with Crippen LogP contribution in [0.1, 0.15) is 28.7 Å². The number of hydrogen-bond acceptors (Lipinski definition) is 2. The summed E-state index contributed by atoms with van der Waals surface area (Å²) in [5.74, 6) is 0. The molecule has 0 saturated carbocycles. The topological polar surface area (TPSA) is 46.2 Å². The molecule has 1 unspecified atom stereocenters. The van der Waals surface area contributed by atoms with Crippen LogP contribution in [0.2, 0.25) is 5.02 Å². The van der Waals surface area contributed by atoms with Crippen molar-refractivity contribution in [1.82, 2.24) is 0 Å². The molecule has 3 heteroatoms. The van der Waals surface area contributed by atoms with Crippen molar-refractivity contribution in [2.24, 2.45) is 0 Å². The van der Waals surface area contributed by atoms with Crippen molar-refractivity contribution in [1.29, 1.82) is 0 Å². The average molecular weight is 274 g/mol. The highest BCUT2D eigenvalue weighted by molar-refractivity contribution is 6.31. The van der Waals surface area contributed by atoms with E-state index in [9.17, 15) is 5.11 Å². The fourth-order valence-corrected chi connectivity index (χ4v) is 3.00. The van der Waals surface area contributed by atoms with Crippen LogP contribution in [0.5, 0.6) is 0 Å². The van der Waals surface area contributed by atoms with Crippen LogP contribution in [0, 0.1) is 6.92 Å². The maximum Gasteiger partial charge on any atom is 0.115 e. The lowest BCUT2D eigenvalue weighted by Crippen LogP contribution is -2.23. The number of aryl methyl sites for hydroxylation is 2. The van der Waals surface area contributed by atoms with Gasteiger partial charge in [0, 0.05) is 10.7 Å². The summed E-state index contributed by atoms with van der Waals surface area (Å²) in [6.45, 7) is 1.96. The van der Waals surface area contributed by atoms with Crippen LogP contribution in [0.3, 0.4) is 0 Å². The SMILES string of the molecule is Cc1ccc(C2(O)CCc3cc(N)ccc32)cc1Cl. The molecule has 3 N–H and O–H groups in total. The van der Waals surface area contributed by atoms with Gasteiger partial charge in [-0.1, -0.05) is 29.8 Å². The van der Waals surface area contributed by atoms with E-state index in [4.69, 9.17) is 17.3 Å². The monoisotopic (exact) mass is 273 g/mol. The molecule has 1 aliphatic carbocycles. The van der Waals surface area contributed by atoms with Gasteiger partial charge in [-0.25, -0.2) is 0 Å². The van der Waals surface area contributed by atoms with E-state index in [1.165, 1.54) is 0 Å². The minimum Gasteiger partial charge on any atom is -0.399 e. The largest absolute Gasteiger partial charge is 0.399 e. The number of anilines is 1. The van der Waals surface area contributed by atoms with Crippen molar-refractivity contribution in [2.45, 2.75) is 25.4 Å². The number of aliphatic hydroxyl groups is 1. The van der Waals surface area contributed by atoms with Gasteiger partial charge in [-0.15, -0.1) is 0 Å². The normalized spacial score (nSPS) is 21.4. The first-order chi connectivity index (χ1) is 9.00. The first-order valence-corrected chi connectivity index (χ1v) is 6.76. The Kier molecular flexibility index (Phi) is 2.80. The third-order valence-electron chi connectivity index (χ3n) is 3.98. The maximum atomic E-state index is 11.0. The maximum absolute atomic E-state index is 11.0. The Bertz CT molecular complexity index is 653. The number of hydrogen-bond donors (Lipinski definition) is 2. The fourth-order valence-electron chi connectivity index (χ4n) is 2.82. The predicted octanol–water partition coefficient (Wildman–Crippen LogP) is 3.41. The molecule has 2 nitrogen and oxygen atoms in total. The summed E-state index contributed by atoms with van der Waals surface area (Å²) in [6.07, 6.45) is 1.51. The lowest BCUT2D eigenvalue weighted by atomic mass is 9.87. The molecule has 0 aromatic heterocycles. The van der Waals surface area contributed by atoms with Crippen molar-refractivity contribution in [2.75, 3.05) is 5.73 Å². The second kappa shape index (κ2) is 4.26. The second-order valence-electron chi connectivity index (χ2n) is 5.24. The predicted molar refractivity (Wildman–Crippen MR) is 78.4 cm³/mol. The molecule has 3 rings (SSSR count). The Labute approximate surface area is 117 Å². The molecular weight excluding hydrogens is 258 g/mol. The lowest BCUT2D eigenvalue weighted by Gasteiger charge is -2.25. The van der Waals surface area contributed by atoms with E-state index < -0.39 is 5.60 Å². The van der Waals surface area contributed by atoms with Crippen LogP contribution < -0.4 is 5.73 Å². The molecule has 0 saturated heterocycles. The minimum atomic E-state index is -0.944. The van der Waals surface area contributed by atoms with Crippen molar-refractivity contribution in [3.63, 3.8) is 0 Å². The first kappa shape index (κ1) is 12.5. The highest BCUT2D eigenvalue weighted by Crippen LogP contribution is 2.43. The third-order valence-corrected chi connectivity index (χ3v) is 4.39. The number of nitrogens with two attached hydrogens (primary N) is 1. The summed E-state index contributed by atoms with van der Waals surface area (Å²) < 4.78 is 0. The van der Waals surface area contributed by atoms with Crippen molar-refractivity contribution in [3.8, 4) is 0 Å². The summed E-state index contributed by atoms with van der Waals surface area (Å²) in [6, 6.07) is 11.5. The Hall–Kier alpha value is -1.51. The van der Waals surface area contributed by atoms with E-state index in [1.54, 1.807) is 0 Å². The average Bonchev–Trinajstić information content (AvgIpc) is 2.71. The number of fused-ring (bicyclic) bond motifs is 1. The Morgan fingerprint density at radius 1 is 1.21 bits per heavy atom. The van der Waals surface area contributed by atoms with Gasteiger partial charge in [0.2, 0.25) is 0 Å². The molecule has 0 aliphatic heterocycles. The number of rotatable bonds is 1. The van der Waals surface area contributed by atoms with Gasteiger partial charge in [0.05, 0.1) is 0 Å². The molecule has 0 amide bonds. The molecule has 0 spiro atoms. The smallest absolute Gasteiger partial charge is 0.115 e. The number of benzene rings is 2. The molecule has 2 aromatic rings. The van der Waals surface area contributed by atoms with Crippen LogP contribution in [-0.2, 0) is 12.0 Å². The minimum absolute atomic E-state index is 0.672. The van der Waals surface area contributed by atoms with E-state index >= 15 is 0 Å². The van der Waals surface area contributed by atoms with Gasteiger partial charge < -0.3 is 10.8 Å². The molecule has 0 bridgehead atoms. The van der Waals surface area contributed by atoms with E-state index in [0.717, 1.165) is 34.4 Å². The summed E-state index contributed by atoms with van der Waals surface area (Å²) in [5, 5.41) is 11.7. The van der Waals surface area contributed by atoms with Gasteiger partial charge in [0.25, 0.3) is 0 Å². The van der Waals surface area contributed by atoms with E-state index in [1.807, 2.05) is 43.3 Å². The van der Waals surface area contributed by atoms with Gasteiger partial charge >= 0.3 is 0 Å². The summed E-state index contributed by atoms with van der Waals surface area (Å²) >= 11 is 6.18. The van der Waals surface area contributed by atoms with Crippen LogP contribution in [0.15, 0.2) is 36.4 Å². The van der Waals surface area contributed by atoms with Crippen LogP contribution in [-0.4, -0.2) is 5.11 Å². The summed E-state index contributed by atoms with van der Waals surface area (Å²) in [7, 11) is 0. The molecule has 1 atom stereocenters. The zero-order valence-electron chi connectivity index (χ0n) is 10.8. The molecule has 0 heterocycles. The summed E-state index contributed by atoms with van der Waals surface area (Å²) in [4.78, 5) is 0. The molecule has 0 fully saturated rings. The summed E-state index contributed by atoms with van der Waals surface area (Å²) in [5.41, 5.74) is 9.54. The van der Waals surface area contributed by atoms with Crippen molar-refractivity contribution < 1.29 is 5.11 Å². The van der Waals surface area contributed by atoms with Crippen molar-refractivity contribution in [3.05, 3.63) is 63.7 Å². The van der Waals surface area contributed by atoms with Gasteiger partial charge in [-0.3, -0.25) is 0 Å². The van der Waals surface area contributed by atoms with Gasteiger partial charge in [-0.05, 0) is 60.2 Å². The second-order valence-corrected chi connectivity index (χ2v) is 5.65. The van der Waals surface area contributed by atoms with Gasteiger partial charge in [-0.2, -0.15) is 0 Å². The molecule has 98 valence electrons. The van der Waals surface area contributed by atoms with E-state index in [2.05, 4.69) is 0 Å². The molecular formula is C16H16ClNO. The fraction of sp³-hybridized carbons (Fsp3) is 0.250. The van der Waals surface area contributed by atoms with Gasteiger partial charge in [0.1, 0.15) is 5.60 Å². The standard InChI is InChI=1S/C16H16ClNO/c1-10-2-3-12(9-15(10)17)16(19)7-6-11-8-13(18)4-5-14(11)16/h2-5,8-9,19H,6-7,18H2,1H3. The zero-order valence-corrected chi connectivity index (χ0v) is 11.5. The molecule has 1 aliphatic rings. The quantitative estimate of drug-likeness (QED) is 0.782. The van der Waals surface area contributed by atoms with E-state index in [-0.39, 0.29) is 0 Å². The molecule has 2 aromatic carbocycles. The third kappa shape index (κ3) is 1.92. The Balaban J connectivity index is 2.13. The lowest BCUT2D eigenvalue weighted by molar-refractivity contribution is 0.0829. The Morgan fingerprint density at radius 3 is 2.74 bits per heavy atom. The van der Waals surface area contributed by atoms with Crippen molar-refractivity contribution >= 4 is 17.3 Å². The van der Waals surface area contributed by atoms with Crippen LogP contribution >= 0.6 is 11.6 Å². The van der Waals surface area contributed by atoms with Gasteiger partial charge in [0.15, 0.2) is 0 Å². The van der Waals surface area contributed by atoms with Crippen LogP contribution in [0.25, 0.3) is 0 Å². The Morgan fingerprint density at radius 2 is 2.00 bits per heavy atom.